The number of hydrogen-bond donors (Lipinski definition) is 2. The molecule has 0 bridgehead atoms. The number of rotatable bonds is 6. The highest BCUT2D eigenvalue weighted by atomic mass is 32.1. The summed E-state index contributed by atoms with van der Waals surface area (Å²) in [4.78, 5) is 15.0. The van der Waals surface area contributed by atoms with Crippen molar-refractivity contribution in [2.75, 3.05) is 20.2 Å². The Hall–Kier alpha value is -2.28. The zero-order valence-electron chi connectivity index (χ0n) is 15.8. The van der Waals surface area contributed by atoms with Crippen LogP contribution in [0.5, 0.6) is 0 Å². The second kappa shape index (κ2) is 8.39. The first kappa shape index (κ1) is 19.1. The zero-order valence-corrected chi connectivity index (χ0v) is 16.7. The van der Waals surface area contributed by atoms with Crippen LogP contribution in [-0.4, -0.2) is 32.1 Å². The van der Waals surface area contributed by atoms with Crippen molar-refractivity contribution >= 4 is 27.3 Å². The van der Waals surface area contributed by atoms with Gasteiger partial charge < -0.3 is 15.0 Å². The number of likely N-dealkylation sites (tertiary alicyclic amines) is 1. The summed E-state index contributed by atoms with van der Waals surface area (Å²) in [7, 11) is 1.56. The summed E-state index contributed by atoms with van der Waals surface area (Å²) < 4.78 is 20.4. The Bertz CT molecular complexity index is 973. The van der Waals surface area contributed by atoms with Crippen LogP contribution < -0.4 is 10.2 Å². The van der Waals surface area contributed by atoms with Crippen molar-refractivity contribution in [2.24, 2.45) is 0 Å². The number of hydrogen-bond acceptors (Lipinski definition) is 3. The summed E-state index contributed by atoms with van der Waals surface area (Å²) in [6.45, 7) is 3.13. The number of thiophene rings is 1. The van der Waals surface area contributed by atoms with Crippen molar-refractivity contribution in [1.82, 2.24) is 5.32 Å². The molecule has 3 aromatic rings. The first-order valence-electron chi connectivity index (χ1n) is 9.53. The second-order valence-corrected chi connectivity index (χ2v) is 8.33. The van der Waals surface area contributed by atoms with Gasteiger partial charge in [-0.05, 0) is 12.1 Å². The lowest BCUT2D eigenvalue weighted by molar-refractivity contribution is -0.901. The first-order chi connectivity index (χ1) is 13.7. The molecule has 1 saturated heterocycles. The maximum Gasteiger partial charge on any atom is 0.262 e. The average Bonchev–Trinajstić information content (AvgIpc) is 3.28. The summed E-state index contributed by atoms with van der Waals surface area (Å²) in [6, 6.07) is 15.5. The van der Waals surface area contributed by atoms with Crippen LogP contribution in [-0.2, 0) is 17.9 Å². The third-order valence-electron chi connectivity index (χ3n) is 5.27. The van der Waals surface area contributed by atoms with E-state index in [0.29, 0.717) is 15.8 Å². The van der Waals surface area contributed by atoms with E-state index in [2.05, 4.69) is 29.6 Å². The maximum atomic E-state index is 14.3. The molecule has 1 aliphatic rings. The monoisotopic (exact) mass is 399 g/mol. The normalized spacial score (nSPS) is 19.2. The van der Waals surface area contributed by atoms with E-state index >= 15 is 0 Å². The molecular weight excluding hydrogens is 375 g/mol. The fourth-order valence-corrected chi connectivity index (χ4v) is 5.11. The summed E-state index contributed by atoms with van der Waals surface area (Å²) in [5.74, 6) is -0.433. The molecule has 6 heteroatoms. The molecule has 0 radical (unpaired) electrons. The average molecular weight is 400 g/mol. The van der Waals surface area contributed by atoms with Gasteiger partial charge in [0.1, 0.15) is 12.4 Å². The number of carbonyl (C=O) groups is 1. The summed E-state index contributed by atoms with van der Waals surface area (Å²) in [6.07, 6.45) is 0.951. The highest BCUT2D eigenvalue weighted by Gasteiger charge is 2.29. The molecular formula is C22H24FN2O2S+. The zero-order chi connectivity index (χ0) is 19.5. The largest absolute Gasteiger partial charge is 0.380 e. The SMILES string of the molecule is COCc1c(C(=O)N[C@H]2CC[NH+](Cc3ccccc3)C2)sc2cccc(F)c12. The van der Waals surface area contributed by atoms with Gasteiger partial charge in [-0.25, -0.2) is 4.39 Å². The van der Waals surface area contributed by atoms with E-state index in [9.17, 15) is 9.18 Å². The summed E-state index contributed by atoms with van der Waals surface area (Å²) in [5, 5.41) is 3.66. The van der Waals surface area contributed by atoms with E-state index in [1.54, 1.807) is 13.2 Å². The van der Waals surface area contributed by atoms with Crippen molar-refractivity contribution in [1.29, 1.82) is 0 Å². The van der Waals surface area contributed by atoms with Crippen molar-refractivity contribution in [3.05, 3.63) is 70.4 Å². The Balaban J connectivity index is 1.47. The molecule has 146 valence electrons. The van der Waals surface area contributed by atoms with E-state index in [4.69, 9.17) is 4.74 Å². The number of benzene rings is 2. The third kappa shape index (κ3) is 3.94. The lowest BCUT2D eigenvalue weighted by Gasteiger charge is -2.14. The molecule has 1 amide bonds. The molecule has 4 rings (SSSR count). The van der Waals surface area contributed by atoms with E-state index in [-0.39, 0.29) is 24.4 Å². The van der Waals surface area contributed by atoms with E-state index in [1.807, 2.05) is 12.1 Å². The van der Waals surface area contributed by atoms with Gasteiger partial charge in [0, 0.05) is 34.7 Å². The van der Waals surface area contributed by atoms with Crippen LogP contribution in [0.3, 0.4) is 0 Å². The Kier molecular flexibility index (Phi) is 5.71. The second-order valence-electron chi connectivity index (χ2n) is 7.28. The number of amides is 1. The Morgan fingerprint density at radius 1 is 1.25 bits per heavy atom. The first-order valence-corrected chi connectivity index (χ1v) is 10.3. The standard InChI is InChI=1S/C22H23FN2O2S/c1-27-14-17-20-18(23)8-5-9-19(20)28-21(17)22(26)24-16-10-11-25(13-16)12-15-6-3-2-4-7-15/h2-9,16H,10-14H2,1H3,(H,24,26)/p+1/t16-/m0/s1. The van der Waals surface area contributed by atoms with Gasteiger partial charge in [-0.1, -0.05) is 36.4 Å². The molecule has 4 nitrogen and oxygen atoms in total. The van der Waals surface area contributed by atoms with Gasteiger partial charge in [-0.15, -0.1) is 11.3 Å². The van der Waals surface area contributed by atoms with Crippen molar-refractivity contribution in [3.63, 3.8) is 0 Å². The fourth-order valence-electron chi connectivity index (χ4n) is 3.98. The lowest BCUT2D eigenvalue weighted by atomic mass is 10.1. The van der Waals surface area contributed by atoms with E-state index in [1.165, 1.54) is 27.9 Å². The molecule has 1 aromatic heterocycles. The number of halogens is 1. The maximum absolute atomic E-state index is 14.3. The molecule has 1 fully saturated rings. The quantitative estimate of drug-likeness (QED) is 0.669. The number of ether oxygens (including phenoxy) is 1. The molecule has 0 aliphatic carbocycles. The summed E-state index contributed by atoms with van der Waals surface area (Å²) >= 11 is 1.33. The van der Waals surface area contributed by atoms with E-state index in [0.717, 1.165) is 30.8 Å². The highest BCUT2D eigenvalue weighted by molar-refractivity contribution is 7.21. The van der Waals surface area contributed by atoms with Crippen molar-refractivity contribution in [2.45, 2.75) is 25.6 Å². The Labute approximate surface area is 167 Å². The number of nitrogens with one attached hydrogen (secondary N) is 2. The molecule has 28 heavy (non-hydrogen) atoms. The van der Waals surface area contributed by atoms with Gasteiger partial charge in [0.05, 0.1) is 30.6 Å². The van der Waals surface area contributed by atoms with Crippen LogP contribution in [0.4, 0.5) is 4.39 Å². The third-order valence-corrected chi connectivity index (χ3v) is 6.47. The molecule has 1 unspecified atom stereocenters. The minimum atomic E-state index is -0.306. The smallest absolute Gasteiger partial charge is 0.262 e. The van der Waals surface area contributed by atoms with Crippen molar-refractivity contribution < 1.29 is 18.8 Å². The molecule has 2 atom stereocenters. The molecule has 2 heterocycles. The fraction of sp³-hybridized carbons (Fsp3) is 0.318. The Morgan fingerprint density at radius 2 is 2.07 bits per heavy atom. The predicted octanol–water partition coefficient (Wildman–Crippen LogP) is 2.77. The van der Waals surface area contributed by atoms with Gasteiger partial charge in [-0.3, -0.25) is 4.79 Å². The Morgan fingerprint density at radius 3 is 2.86 bits per heavy atom. The molecule has 2 aromatic carbocycles. The van der Waals surface area contributed by atoms with Gasteiger partial charge in [0.2, 0.25) is 0 Å². The molecule has 1 aliphatic heterocycles. The number of quaternary nitrogens is 1. The van der Waals surface area contributed by atoms with Crippen LogP contribution in [0.2, 0.25) is 0 Å². The lowest BCUT2D eigenvalue weighted by Crippen LogP contribution is -3.09. The van der Waals surface area contributed by atoms with Crippen LogP contribution in [0.25, 0.3) is 10.1 Å². The van der Waals surface area contributed by atoms with Crippen LogP contribution in [0.1, 0.15) is 27.2 Å². The van der Waals surface area contributed by atoms with Gasteiger partial charge in [0.25, 0.3) is 5.91 Å². The molecule has 0 saturated carbocycles. The number of methoxy groups -OCH3 is 1. The van der Waals surface area contributed by atoms with Gasteiger partial charge in [-0.2, -0.15) is 0 Å². The summed E-state index contributed by atoms with van der Waals surface area (Å²) in [5.41, 5.74) is 1.96. The van der Waals surface area contributed by atoms with E-state index < -0.39 is 0 Å². The topological polar surface area (TPSA) is 42.8 Å². The van der Waals surface area contributed by atoms with Crippen LogP contribution >= 0.6 is 11.3 Å². The molecule has 2 N–H and O–H groups in total. The van der Waals surface area contributed by atoms with Gasteiger partial charge >= 0.3 is 0 Å². The van der Waals surface area contributed by atoms with Crippen LogP contribution in [0, 0.1) is 5.82 Å². The van der Waals surface area contributed by atoms with Gasteiger partial charge in [0.15, 0.2) is 0 Å². The number of fused-ring (bicyclic) bond motifs is 1. The highest BCUT2D eigenvalue weighted by Crippen LogP contribution is 2.33. The van der Waals surface area contributed by atoms with Crippen molar-refractivity contribution in [3.8, 4) is 0 Å². The minimum Gasteiger partial charge on any atom is -0.380 e. The minimum absolute atomic E-state index is 0.126. The number of carbonyl (C=O) groups excluding carboxylic acids is 1. The predicted molar refractivity (Wildman–Crippen MR) is 109 cm³/mol. The molecule has 0 spiro atoms. The van der Waals surface area contributed by atoms with Crippen LogP contribution in [0.15, 0.2) is 48.5 Å².